The van der Waals surface area contributed by atoms with Crippen molar-refractivity contribution in [2.24, 2.45) is 12.1 Å². The number of aryl methyl sites for hydroxylation is 2. The van der Waals surface area contributed by atoms with Crippen LogP contribution in [-0.2, 0) is 13.6 Å². The van der Waals surface area contributed by atoms with Crippen molar-refractivity contribution in [1.82, 2.24) is 19.1 Å². The third-order valence-electron chi connectivity index (χ3n) is 3.60. The first-order valence-corrected chi connectivity index (χ1v) is 7.64. The molecule has 0 spiro atoms. The fourth-order valence-electron chi connectivity index (χ4n) is 2.37. The maximum atomic E-state index is 12.1. The van der Waals surface area contributed by atoms with Gasteiger partial charge in [0.1, 0.15) is 0 Å². The summed E-state index contributed by atoms with van der Waals surface area (Å²) in [6.45, 7) is 2.36. The molecular weight excluding hydrogens is 332 g/mol. The first-order chi connectivity index (χ1) is 11.5. The van der Waals surface area contributed by atoms with Crippen LogP contribution in [0.1, 0.15) is 12.5 Å². The highest BCUT2D eigenvalue weighted by atomic mass is 35.5. The van der Waals surface area contributed by atoms with Crippen molar-refractivity contribution in [2.75, 3.05) is 5.43 Å². The van der Waals surface area contributed by atoms with Crippen LogP contribution in [0.3, 0.4) is 0 Å². The largest absolute Gasteiger partial charge is 0.329 e. The Bertz CT molecular complexity index is 1050. The van der Waals surface area contributed by atoms with Gasteiger partial charge in [-0.2, -0.15) is 10.1 Å². The molecule has 0 unspecified atom stereocenters. The van der Waals surface area contributed by atoms with Gasteiger partial charge in [-0.3, -0.25) is 14.3 Å². The quantitative estimate of drug-likeness (QED) is 0.553. The molecule has 0 radical (unpaired) electrons. The molecule has 8 nitrogen and oxygen atoms in total. The Morgan fingerprint density at radius 1 is 1.38 bits per heavy atom. The van der Waals surface area contributed by atoms with Crippen molar-refractivity contribution in [3.8, 4) is 0 Å². The Morgan fingerprint density at radius 3 is 2.83 bits per heavy atom. The molecule has 1 aromatic carbocycles. The summed E-state index contributed by atoms with van der Waals surface area (Å²) in [5.41, 5.74) is 3.16. The van der Waals surface area contributed by atoms with E-state index in [1.807, 2.05) is 25.1 Å². The van der Waals surface area contributed by atoms with Crippen molar-refractivity contribution >= 4 is 34.9 Å². The van der Waals surface area contributed by atoms with Crippen molar-refractivity contribution in [2.45, 2.75) is 13.5 Å². The van der Waals surface area contributed by atoms with Crippen molar-refractivity contribution < 1.29 is 0 Å². The maximum Gasteiger partial charge on any atom is 0.329 e. The normalized spacial score (nSPS) is 11.5. The fourth-order valence-corrected chi connectivity index (χ4v) is 2.55. The van der Waals surface area contributed by atoms with Crippen molar-refractivity contribution in [1.29, 1.82) is 0 Å². The van der Waals surface area contributed by atoms with Gasteiger partial charge in [0, 0.05) is 24.2 Å². The molecule has 24 heavy (non-hydrogen) atoms. The van der Waals surface area contributed by atoms with Gasteiger partial charge < -0.3 is 4.57 Å². The molecular formula is C15H15ClN6O2. The van der Waals surface area contributed by atoms with E-state index in [2.05, 4.69) is 20.5 Å². The Labute approximate surface area is 141 Å². The molecule has 0 aliphatic heterocycles. The number of nitrogens with zero attached hydrogens (tertiary/aromatic N) is 4. The van der Waals surface area contributed by atoms with Crippen molar-refractivity contribution in [3.05, 3.63) is 55.7 Å². The van der Waals surface area contributed by atoms with Crippen LogP contribution in [0, 0.1) is 0 Å². The van der Waals surface area contributed by atoms with Crippen LogP contribution in [-0.4, -0.2) is 25.3 Å². The van der Waals surface area contributed by atoms with E-state index in [1.54, 1.807) is 23.9 Å². The lowest BCUT2D eigenvalue weighted by molar-refractivity contribution is 0.781. The van der Waals surface area contributed by atoms with Gasteiger partial charge in [0.2, 0.25) is 5.95 Å². The molecule has 2 aromatic heterocycles. The van der Waals surface area contributed by atoms with Crippen LogP contribution in [0.5, 0.6) is 0 Å². The monoisotopic (exact) mass is 346 g/mol. The van der Waals surface area contributed by atoms with E-state index in [1.165, 1.54) is 4.57 Å². The standard InChI is InChI=1S/C15H15ClN6O2/c1-3-22-11-12(21(2)15(24)19-13(11)23)18-14(22)20-17-8-9-6-4-5-7-10(9)16/h4-8H,3H2,1-2H3,(H,18,20)(H,19,23,24)/b17-8+. The summed E-state index contributed by atoms with van der Waals surface area (Å²) in [4.78, 5) is 30.3. The Balaban J connectivity index is 2.03. The number of hydrogen-bond donors (Lipinski definition) is 2. The fraction of sp³-hybridized carbons (Fsp3) is 0.200. The molecule has 9 heteroatoms. The van der Waals surface area contributed by atoms with Gasteiger partial charge in [-0.05, 0) is 13.0 Å². The van der Waals surface area contributed by atoms with Crippen LogP contribution in [0.2, 0.25) is 5.02 Å². The number of aromatic nitrogens is 4. The number of aromatic amines is 1. The van der Waals surface area contributed by atoms with Gasteiger partial charge in [-0.1, -0.05) is 29.8 Å². The van der Waals surface area contributed by atoms with Gasteiger partial charge in [-0.25, -0.2) is 10.2 Å². The van der Waals surface area contributed by atoms with Crippen LogP contribution < -0.4 is 16.7 Å². The van der Waals surface area contributed by atoms with Crippen LogP contribution in [0.15, 0.2) is 39.0 Å². The number of nitrogens with one attached hydrogen (secondary N) is 2. The second kappa shape index (κ2) is 6.32. The molecule has 0 bridgehead atoms. The van der Waals surface area contributed by atoms with Crippen LogP contribution >= 0.6 is 11.6 Å². The molecule has 3 aromatic rings. The van der Waals surface area contributed by atoms with Gasteiger partial charge in [0.25, 0.3) is 5.56 Å². The van der Waals surface area contributed by atoms with E-state index in [-0.39, 0.29) is 0 Å². The lowest BCUT2D eigenvalue weighted by atomic mass is 10.2. The van der Waals surface area contributed by atoms with E-state index in [0.717, 1.165) is 5.56 Å². The first kappa shape index (κ1) is 16.0. The van der Waals surface area contributed by atoms with Crippen LogP contribution in [0.4, 0.5) is 5.95 Å². The molecule has 0 fully saturated rings. The Kier molecular flexibility index (Phi) is 4.22. The Morgan fingerprint density at radius 2 is 2.12 bits per heavy atom. The van der Waals surface area contributed by atoms with E-state index in [4.69, 9.17) is 11.6 Å². The van der Waals surface area contributed by atoms with Crippen LogP contribution in [0.25, 0.3) is 11.2 Å². The summed E-state index contributed by atoms with van der Waals surface area (Å²) < 4.78 is 2.93. The average molecular weight is 347 g/mol. The Hall–Kier alpha value is -2.87. The number of H-pyrrole nitrogens is 1. The highest BCUT2D eigenvalue weighted by Gasteiger charge is 2.15. The number of fused-ring (bicyclic) bond motifs is 1. The predicted molar refractivity (Wildman–Crippen MR) is 93.9 cm³/mol. The molecule has 3 rings (SSSR count). The second-order valence-electron chi connectivity index (χ2n) is 5.06. The zero-order chi connectivity index (χ0) is 17.3. The van der Waals surface area contributed by atoms with Crippen molar-refractivity contribution in [3.63, 3.8) is 0 Å². The molecule has 0 amide bonds. The van der Waals surface area contributed by atoms with Gasteiger partial charge in [0.15, 0.2) is 11.2 Å². The summed E-state index contributed by atoms with van der Waals surface area (Å²) >= 11 is 6.06. The van der Waals surface area contributed by atoms with Gasteiger partial charge >= 0.3 is 5.69 Å². The highest BCUT2D eigenvalue weighted by molar-refractivity contribution is 6.33. The number of halogens is 1. The van der Waals surface area contributed by atoms with E-state index in [0.29, 0.717) is 28.7 Å². The molecule has 0 aliphatic rings. The minimum Gasteiger partial charge on any atom is -0.303 e. The van der Waals surface area contributed by atoms with E-state index >= 15 is 0 Å². The number of rotatable bonds is 4. The average Bonchev–Trinajstić information content (AvgIpc) is 2.94. The summed E-state index contributed by atoms with van der Waals surface area (Å²) in [5, 5.41) is 4.69. The molecule has 0 saturated heterocycles. The molecule has 124 valence electrons. The van der Waals surface area contributed by atoms with E-state index in [9.17, 15) is 9.59 Å². The molecule has 0 saturated carbocycles. The summed E-state index contributed by atoms with van der Waals surface area (Å²) in [6.07, 6.45) is 1.56. The number of imidazole rings is 1. The van der Waals surface area contributed by atoms with E-state index < -0.39 is 11.2 Å². The predicted octanol–water partition coefficient (Wildman–Crippen LogP) is 1.54. The minimum atomic E-state index is -0.514. The third kappa shape index (κ3) is 2.71. The third-order valence-corrected chi connectivity index (χ3v) is 3.94. The minimum absolute atomic E-state index is 0.293. The zero-order valence-corrected chi connectivity index (χ0v) is 13.8. The SMILES string of the molecule is CCn1c(N/N=C/c2ccccc2Cl)nc2c1c(=O)[nH]c(=O)n2C. The topological polar surface area (TPSA) is 97.1 Å². The summed E-state index contributed by atoms with van der Waals surface area (Å²) in [7, 11) is 1.55. The maximum absolute atomic E-state index is 12.1. The molecule has 2 heterocycles. The lowest BCUT2D eigenvalue weighted by Crippen LogP contribution is -2.29. The number of hydrazone groups is 1. The first-order valence-electron chi connectivity index (χ1n) is 7.26. The second-order valence-corrected chi connectivity index (χ2v) is 5.47. The number of benzene rings is 1. The summed E-state index contributed by atoms with van der Waals surface area (Å²) in [6, 6.07) is 7.27. The summed E-state index contributed by atoms with van der Waals surface area (Å²) in [5.74, 6) is 0.363. The molecule has 0 atom stereocenters. The smallest absolute Gasteiger partial charge is 0.303 e. The number of anilines is 1. The number of hydrogen-bond acceptors (Lipinski definition) is 5. The van der Waals surface area contributed by atoms with Gasteiger partial charge in [0.05, 0.1) is 6.21 Å². The molecule has 0 aliphatic carbocycles. The van der Waals surface area contributed by atoms with Gasteiger partial charge in [-0.15, -0.1) is 0 Å². The molecule has 2 N–H and O–H groups in total. The zero-order valence-electron chi connectivity index (χ0n) is 13.1. The lowest BCUT2D eigenvalue weighted by Gasteiger charge is -2.04. The highest BCUT2D eigenvalue weighted by Crippen LogP contribution is 2.16.